The molecule has 0 saturated heterocycles. The first-order valence-electron chi connectivity index (χ1n) is 9.78. The van der Waals surface area contributed by atoms with Crippen LogP contribution in [0.25, 0.3) is 0 Å². The molecule has 0 N–H and O–H groups in total. The van der Waals surface area contributed by atoms with E-state index in [0.29, 0.717) is 46.2 Å². The number of hydrogen-bond donors (Lipinski definition) is 0. The van der Waals surface area contributed by atoms with Crippen molar-refractivity contribution in [1.29, 1.82) is 0 Å². The van der Waals surface area contributed by atoms with Gasteiger partial charge in [0, 0.05) is 6.61 Å². The third-order valence-electron chi connectivity index (χ3n) is 3.87. The van der Waals surface area contributed by atoms with E-state index >= 15 is 0 Å². The fourth-order valence-electron chi connectivity index (χ4n) is 2.41. The summed E-state index contributed by atoms with van der Waals surface area (Å²) in [7, 11) is 3.52. The Morgan fingerprint density at radius 3 is 1.92 bits per heavy atom. The predicted molar refractivity (Wildman–Crippen MR) is 108 cm³/mol. The van der Waals surface area contributed by atoms with Gasteiger partial charge in [-0.3, -0.25) is 0 Å². The minimum Gasteiger partial charge on any atom is -0.380 e. The third kappa shape index (κ3) is 15.2. The van der Waals surface area contributed by atoms with Crippen molar-refractivity contribution >= 4 is 15.1 Å². The molecule has 0 bridgehead atoms. The summed E-state index contributed by atoms with van der Waals surface area (Å²) in [5.41, 5.74) is 1.19. The lowest BCUT2D eigenvalue weighted by Gasteiger charge is -2.07. The van der Waals surface area contributed by atoms with Gasteiger partial charge < -0.3 is 18.9 Å². The Hall–Kier alpha value is -0.810. The minimum absolute atomic E-state index is 0.602. The molecule has 1 aromatic carbocycles. The van der Waals surface area contributed by atoms with E-state index in [0.717, 1.165) is 12.9 Å². The smallest absolute Gasteiger partial charge is 0.123 e. The summed E-state index contributed by atoms with van der Waals surface area (Å²) < 4.78 is 22.1. The molecule has 0 spiro atoms. The zero-order chi connectivity index (χ0) is 17.8. The fourth-order valence-corrected chi connectivity index (χ4v) is 2.41. The van der Waals surface area contributed by atoms with E-state index in [-0.39, 0.29) is 0 Å². The Labute approximate surface area is 155 Å². The standard InChI is InChI=1S/C19H34B2O4/c20-8-4-5-9-21-10-11-22-12-13-23-14-15-24-16-17-25-18-19-6-2-1-3-7-19/h1-3,6-7,21H,4-5,8-18,20H2. The lowest BCUT2D eigenvalue weighted by molar-refractivity contribution is -0.00288. The molecule has 0 heterocycles. The van der Waals surface area contributed by atoms with Gasteiger partial charge in [-0.1, -0.05) is 62.1 Å². The molecule has 25 heavy (non-hydrogen) atoms. The number of benzene rings is 1. The first kappa shape index (κ1) is 22.2. The van der Waals surface area contributed by atoms with E-state index < -0.39 is 0 Å². The van der Waals surface area contributed by atoms with Crippen molar-refractivity contribution in [3.63, 3.8) is 0 Å². The minimum atomic E-state index is 0.602. The zero-order valence-electron chi connectivity index (χ0n) is 15.9. The summed E-state index contributed by atoms with van der Waals surface area (Å²) >= 11 is 0. The maximum Gasteiger partial charge on any atom is 0.123 e. The Bertz CT molecular complexity index is 379. The summed E-state index contributed by atoms with van der Waals surface area (Å²) in [5, 5.41) is 0. The first-order chi connectivity index (χ1) is 12.4. The van der Waals surface area contributed by atoms with Crippen molar-refractivity contribution in [1.82, 2.24) is 0 Å². The van der Waals surface area contributed by atoms with E-state index in [1.807, 2.05) is 18.2 Å². The highest BCUT2D eigenvalue weighted by molar-refractivity contribution is 6.35. The van der Waals surface area contributed by atoms with Crippen molar-refractivity contribution in [3.05, 3.63) is 35.9 Å². The van der Waals surface area contributed by atoms with Gasteiger partial charge in [-0.05, 0) is 5.56 Å². The van der Waals surface area contributed by atoms with Gasteiger partial charge in [0.25, 0.3) is 0 Å². The van der Waals surface area contributed by atoms with E-state index in [1.165, 1.54) is 38.3 Å². The van der Waals surface area contributed by atoms with Gasteiger partial charge in [0.05, 0.1) is 46.2 Å². The quantitative estimate of drug-likeness (QED) is 0.302. The molecule has 1 rings (SSSR count). The topological polar surface area (TPSA) is 36.9 Å². The van der Waals surface area contributed by atoms with E-state index in [9.17, 15) is 0 Å². The van der Waals surface area contributed by atoms with Crippen LogP contribution in [-0.4, -0.2) is 61.4 Å². The van der Waals surface area contributed by atoms with Gasteiger partial charge in [0.15, 0.2) is 0 Å². The van der Waals surface area contributed by atoms with Gasteiger partial charge in [-0.2, -0.15) is 0 Å². The van der Waals surface area contributed by atoms with Gasteiger partial charge in [-0.15, -0.1) is 0 Å². The van der Waals surface area contributed by atoms with Crippen LogP contribution in [0.1, 0.15) is 18.4 Å². The SMILES string of the molecule is BCCCCBCCOCCOCCOCCOCc1ccccc1. The Morgan fingerprint density at radius 1 is 0.680 bits per heavy atom. The highest BCUT2D eigenvalue weighted by atomic mass is 16.6. The molecule has 140 valence electrons. The van der Waals surface area contributed by atoms with Crippen LogP contribution in [-0.2, 0) is 25.6 Å². The van der Waals surface area contributed by atoms with Gasteiger partial charge in [0.2, 0.25) is 0 Å². The number of unbranched alkanes of at least 4 members (excludes halogenated alkanes) is 1. The molecule has 0 aliphatic rings. The third-order valence-corrected chi connectivity index (χ3v) is 3.87. The molecule has 0 aliphatic carbocycles. The van der Waals surface area contributed by atoms with Crippen LogP contribution >= 0.6 is 0 Å². The molecule has 6 heteroatoms. The molecule has 0 fully saturated rings. The summed E-state index contributed by atoms with van der Waals surface area (Å²) in [4.78, 5) is 0. The van der Waals surface area contributed by atoms with E-state index in [2.05, 4.69) is 20.0 Å². The van der Waals surface area contributed by atoms with Crippen molar-refractivity contribution in [2.24, 2.45) is 0 Å². The molecule has 0 radical (unpaired) electrons. The molecular formula is C19H34B2O4. The van der Waals surface area contributed by atoms with Crippen LogP contribution in [0.2, 0.25) is 19.0 Å². The average molecular weight is 348 g/mol. The first-order valence-corrected chi connectivity index (χ1v) is 9.78. The number of ether oxygens (including phenoxy) is 4. The summed E-state index contributed by atoms with van der Waals surface area (Å²) in [6.07, 6.45) is 6.51. The maximum atomic E-state index is 5.56. The molecule has 0 saturated carbocycles. The average Bonchev–Trinajstić information content (AvgIpc) is 2.65. The van der Waals surface area contributed by atoms with Gasteiger partial charge in [-0.25, -0.2) is 0 Å². The fraction of sp³-hybridized carbons (Fsp3) is 0.684. The number of rotatable bonds is 18. The predicted octanol–water partition coefficient (Wildman–Crippen LogP) is 2.36. The largest absolute Gasteiger partial charge is 0.380 e. The van der Waals surface area contributed by atoms with Crippen LogP contribution in [0, 0.1) is 0 Å². The monoisotopic (exact) mass is 348 g/mol. The highest BCUT2D eigenvalue weighted by Gasteiger charge is 1.95. The molecule has 0 unspecified atom stereocenters. The van der Waals surface area contributed by atoms with Crippen molar-refractivity contribution < 1.29 is 18.9 Å². The molecule has 0 amide bonds. The molecular weight excluding hydrogens is 314 g/mol. The zero-order valence-corrected chi connectivity index (χ0v) is 15.9. The molecule has 0 aromatic heterocycles. The Kier molecular flexibility index (Phi) is 16.0. The second-order valence-electron chi connectivity index (χ2n) is 6.14. The Morgan fingerprint density at radius 2 is 1.28 bits per heavy atom. The second kappa shape index (κ2) is 18.0. The van der Waals surface area contributed by atoms with Crippen molar-refractivity contribution in [2.45, 2.75) is 38.4 Å². The van der Waals surface area contributed by atoms with Crippen LogP contribution in [0.3, 0.4) is 0 Å². The van der Waals surface area contributed by atoms with Gasteiger partial charge in [0.1, 0.15) is 15.1 Å². The lowest BCUT2D eigenvalue weighted by Crippen LogP contribution is -2.12. The van der Waals surface area contributed by atoms with Crippen LogP contribution in [0.5, 0.6) is 0 Å². The maximum absolute atomic E-state index is 5.56. The van der Waals surface area contributed by atoms with Crippen LogP contribution in [0.15, 0.2) is 30.3 Å². The van der Waals surface area contributed by atoms with Crippen LogP contribution < -0.4 is 0 Å². The molecule has 1 aromatic rings. The van der Waals surface area contributed by atoms with Crippen molar-refractivity contribution in [3.8, 4) is 0 Å². The normalized spacial score (nSPS) is 10.9. The highest BCUT2D eigenvalue weighted by Crippen LogP contribution is 2.00. The van der Waals surface area contributed by atoms with Crippen LogP contribution in [0.4, 0.5) is 0 Å². The summed E-state index contributed by atoms with van der Waals surface area (Å²) in [6, 6.07) is 10.2. The molecule has 0 atom stereocenters. The Balaban J connectivity index is 1.69. The second-order valence-corrected chi connectivity index (χ2v) is 6.14. The van der Waals surface area contributed by atoms with E-state index in [1.54, 1.807) is 0 Å². The summed E-state index contributed by atoms with van der Waals surface area (Å²) in [5.74, 6) is 0. The van der Waals surface area contributed by atoms with Gasteiger partial charge >= 0.3 is 0 Å². The summed E-state index contributed by atoms with van der Waals surface area (Å²) in [6.45, 7) is 5.23. The van der Waals surface area contributed by atoms with E-state index in [4.69, 9.17) is 18.9 Å². The molecule has 0 aliphatic heterocycles. The lowest BCUT2D eigenvalue weighted by atomic mass is 9.69. The number of hydrogen-bond acceptors (Lipinski definition) is 4. The molecule has 4 nitrogen and oxygen atoms in total. The van der Waals surface area contributed by atoms with Crippen molar-refractivity contribution in [2.75, 3.05) is 46.2 Å².